The average molecular weight is 289 g/mol. The van der Waals surface area contributed by atoms with Gasteiger partial charge in [0.15, 0.2) is 0 Å². The Labute approximate surface area is 124 Å². The number of pyridine rings is 1. The fourth-order valence-electron chi connectivity index (χ4n) is 1.76. The van der Waals surface area contributed by atoms with Gasteiger partial charge in [-0.2, -0.15) is 0 Å². The Morgan fingerprint density at radius 2 is 1.75 bits per heavy atom. The van der Waals surface area contributed by atoms with Gasteiger partial charge in [-0.1, -0.05) is 44.5 Å². The van der Waals surface area contributed by atoms with E-state index in [4.69, 9.17) is 11.6 Å². The molecule has 0 fully saturated rings. The number of nitrogens with one attached hydrogen (secondary N) is 1. The molecule has 1 heterocycles. The summed E-state index contributed by atoms with van der Waals surface area (Å²) in [5, 5.41) is 3.27. The van der Waals surface area contributed by atoms with Crippen molar-refractivity contribution in [3.8, 4) is 0 Å². The van der Waals surface area contributed by atoms with Gasteiger partial charge in [0, 0.05) is 11.8 Å². The van der Waals surface area contributed by atoms with E-state index in [9.17, 15) is 4.79 Å². The summed E-state index contributed by atoms with van der Waals surface area (Å²) in [5.74, 6) is 0.305. The lowest BCUT2D eigenvalue weighted by atomic mass is 9.87. The highest BCUT2D eigenvalue weighted by Gasteiger charge is 2.14. The lowest BCUT2D eigenvalue weighted by Crippen LogP contribution is -2.14. The van der Waals surface area contributed by atoms with Gasteiger partial charge in [0.25, 0.3) is 5.91 Å². The Morgan fingerprint density at radius 3 is 2.25 bits per heavy atom. The van der Waals surface area contributed by atoms with Crippen LogP contribution in [0.2, 0.25) is 5.02 Å². The molecule has 2 aromatic rings. The third kappa shape index (κ3) is 3.58. The lowest BCUT2D eigenvalue weighted by Gasteiger charge is -2.19. The molecular formula is C16H17ClN2O. The van der Waals surface area contributed by atoms with Crippen molar-refractivity contribution in [1.82, 2.24) is 4.98 Å². The van der Waals surface area contributed by atoms with Gasteiger partial charge in [0.2, 0.25) is 0 Å². The van der Waals surface area contributed by atoms with Gasteiger partial charge in [-0.15, -0.1) is 0 Å². The Kier molecular flexibility index (Phi) is 4.09. The van der Waals surface area contributed by atoms with Crippen LogP contribution in [0.3, 0.4) is 0 Å². The maximum absolute atomic E-state index is 12.1. The maximum Gasteiger partial charge on any atom is 0.256 e. The van der Waals surface area contributed by atoms with Crippen LogP contribution in [0, 0.1) is 0 Å². The monoisotopic (exact) mass is 288 g/mol. The number of rotatable bonds is 2. The molecule has 0 unspecified atom stereocenters. The van der Waals surface area contributed by atoms with E-state index in [1.54, 1.807) is 12.1 Å². The Balaban J connectivity index is 2.11. The smallest absolute Gasteiger partial charge is 0.256 e. The van der Waals surface area contributed by atoms with E-state index in [2.05, 4.69) is 31.1 Å². The third-order valence-electron chi connectivity index (χ3n) is 2.98. The van der Waals surface area contributed by atoms with Gasteiger partial charge < -0.3 is 5.32 Å². The van der Waals surface area contributed by atoms with Crippen LogP contribution in [-0.4, -0.2) is 10.9 Å². The molecular weight excluding hydrogens is 272 g/mol. The number of halogens is 1. The molecule has 2 rings (SSSR count). The molecule has 1 aromatic heterocycles. The summed E-state index contributed by atoms with van der Waals surface area (Å²) in [7, 11) is 0. The van der Waals surface area contributed by atoms with Crippen LogP contribution < -0.4 is 5.32 Å². The van der Waals surface area contributed by atoms with E-state index in [-0.39, 0.29) is 11.3 Å². The van der Waals surface area contributed by atoms with Gasteiger partial charge in [-0.05, 0) is 35.2 Å². The zero-order valence-electron chi connectivity index (χ0n) is 11.8. The zero-order valence-corrected chi connectivity index (χ0v) is 12.5. The van der Waals surface area contributed by atoms with Gasteiger partial charge in [-0.25, -0.2) is 4.98 Å². The molecule has 3 nitrogen and oxygen atoms in total. The summed E-state index contributed by atoms with van der Waals surface area (Å²) in [6.45, 7) is 6.42. The molecule has 1 aromatic carbocycles. The number of nitrogens with zero attached hydrogens (tertiary/aromatic N) is 1. The third-order valence-corrected chi connectivity index (χ3v) is 3.21. The van der Waals surface area contributed by atoms with Crippen molar-refractivity contribution < 1.29 is 4.79 Å². The normalized spacial score (nSPS) is 11.2. The molecule has 0 radical (unpaired) electrons. The molecule has 0 aliphatic heterocycles. The summed E-state index contributed by atoms with van der Waals surface area (Å²) in [6.07, 6.45) is 1.50. The van der Waals surface area contributed by atoms with Crippen molar-refractivity contribution in [1.29, 1.82) is 0 Å². The molecule has 0 saturated heterocycles. The van der Waals surface area contributed by atoms with E-state index in [1.807, 2.05) is 24.3 Å². The van der Waals surface area contributed by atoms with Gasteiger partial charge >= 0.3 is 0 Å². The first-order valence-electron chi connectivity index (χ1n) is 6.40. The maximum atomic E-state index is 12.1. The molecule has 0 bridgehead atoms. The molecule has 0 aliphatic carbocycles. The summed E-state index contributed by atoms with van der Waals surface area (Å²) < 4.78 is 0. The first-order valence-corrected chi connectivity index (χ1v) is 6.77. The van der Waals surface area contributed by atoms with E-state index >= 15 is 0 Å². The Hall–Kier alpha value is -1.87. The largest absolute Gasteiger partial charge is 0.307 e. The number of benzene rings is 1. The number of carbonyl (C=O) groups excluding carboxylic acids is 1. The number of aromatic nitrogens is 1. The lowest BCUT2D eigenvalue weighted by molar-refractivity contribution is 0.102. The van der Waals surface area contributed by atoms with Crippen LogP contribution in [0.15, 0.2) is 42.6 Å². The van der Waals surface area contributed by atoms with Gasteiger partial charge in [0.1, 0.15) is 5.82 Å². The summed E-state index contributed by atoms with van der Waals surface area (Å²) in [4.78, 5) is 16.1. The first kappa shape index (κ1) is 14.5. The van der Waals surface area contributed by atoms with Crippen molar-refractivity contribution in [3.05, 3.63) is 58.7 Å². The minimum atomic E-state index is -0.180. The Bertz CT molecular complexity index is 598. The predicted molar refractivity (Wildman–Crippen MR) is 82.3 cm³/mol. The molecule has 1 amide bonds. The highest BCUT2D eigenvalue weighted by Crippen LogP contribution is 2.22. The van der Waals surface area contributed by atoms with E-state index in [0.29, 0.717) is 16.4 Å². The van der Waals surface area contributed by atoms with Crippen LogP contribution in [0.4, 0.5) is 5.82 Å². The second kappa shape index (κ2) is 5.63. The van der Waals surface area contributed by atoms with Crippen LogP contribution in [0.5, 0.6) is 0 Å². The van der Waals surface area contributed by atoms with Gasteiger partial charge in [-0.3, -0.25) is 4.79 Å². The second-order valence-electron chi connectivity index (χ2n) is 5.64. The van der Waals surface area contributed by atoms with Crippen LogP contribution in [-0.2, 0) is 5.41 Å². The number of anilines is 1. The quantitative estimate of drug-likeness (QED) is 0.896. The van der Waals surface area contributed by atoms with Crippen molar-refractivity contribution in [2.45, 2.75) is 26.2 Å². The molecule has 4 heteroatoms. The van der Waals surface area contributed by atoms with Crippen molar-refractivity contribution in [3.63, 3.8) is 0 Å². The van der Waals surface area contributed by atoms with E-state index in [0.717, 1.165) is 0 Å². The summed E-state index contributed by atoms with van der Waals surface area (Å²) in [6, 6.07) is 11.0. The van der Waals surface area contributed by atoms with Gasteiger partial charge in [0.05, 0.1) is 5.02 Å². The number of hydrogen-bond acceptors (Lipinski definition) is 2. The van der Waals surface area contributed by atoms with Crippen LogP contribution in [0.25, 0.3) is 0 Å². The number of amides is 1. The molecule has 0 spiro atoms. The van der Waals surface area contributed by atoms with Crippen molar-refractivity contribution in [2.24, 2.45) is 0 Å². The molecule has 0 aliphatic rings. The standard InChI is InChI=1S/C16H17ClN2O/c1-16(2,3)12-6-4-11(5-7-12)15(20)19-14-9-8-13(17)10-18-14/h4-10H,1-3H3,(H,18,19,20). The second-order valence-corrected chi connectivity index (χ2v) is 6.08. The van der Waals surface area contributed by atoms with Crippen LogP contribution in [0.1, 0.15) is 36.7 Å². The summed E-state index contributed by atoms with van der Waals surface area (Å²) in [5.41, 5.74) is 1.88. The topological polar surface area (TPSA) is 42.0 Å². The highest BCUT2D eigenvalue weighted by molar-refractivity contribution is 6.30. The minimum Gasteiger partial charge on any atom is -0.307 e. The average Bonchev–Trinajstić information content (AvgIpc) is 2.40. The summed E-state index contributed by atoms with van der Waals surface area (Å²) >= 11 is 5.75. The van der Waals surface area contributed by atoms with Crippen molar-refractivity contribution in [2.75, 3.05) is 5.32 Å². The minimum absolute atomic E-state index is 0.0761. The SMILES string of the molecule is CC(C)(C)c1ccc(C(=O)Nc2ccc(Cl)cn2)cc1. The first-order chi connectivity index (χ1) is 9.36. The fraction of sp³-hybridized carbons (Fsp3) is 0.250. The van der Waals surface area contributed by atoms with Crippen molar-refractivity contribution >= 4 is 23.3 Å². The number of hydrogen-bond donors (Lipinski definition) is 1. The molecule has 20 heavy (non-hydrogen) atoms. The molecule has 0 atom stereocenters. The zero-order chi connectivity index (χ0) is 14.8. The molecule has 0 saturated carbocycles. The molecule has 1 N–H and O–H groups in total. The number of carbonyl (C=O) groups is 1. The predicted octanol–water partition coefficient (Wildman–Crippen LogP) is 4.28. The van der Waals surface area contributed by atoms with Crippen LogP contribution >= 0.6 is 11.6 Å². The Morgan fingerprint density at radius 1 is 1.10 bits per heavy atom. The molecule has 104 valence electrons. The van der Waals surface area contributed by atoms with E-state index in [1.165, 1.54) is 11.8 Å². The highest BCUT2D eigenvalue weighted by atomic mass is 35.5. The van der Waals surface area contributed by atoms with E-state index < -0.39 is 0 Å². The fourth-order valence-corrected chi connectivity index (χ4v) is 1.87.